The number of hydrogen-bond donors (Lipinski definition) is 2. The van der Waals surface area contributed by atoms with E-state index in [9.17, 15) is 9.59 Å². The van der Waals surface area contributed by atoms with Gasteiger partial charge in [0.05, 0.1) is 6.54 Å². The van der Waals surface area contributed by atoms with Crippen molar-refractivity contribution in [1.29, 1.82) is 0 Å². The molecule has 0 aromatic heterocycles. The summed E-state index contributed by atoms with van der Waals surface area (Å²) in [4.78, 5) is 25.7. The molecule has 2 N–H and O–H groups in total. The highest BCUT2D eigenvalue weighted by Crippen LogP contribution is 2.15. The molecule has 5 nitrogen and oxygen atoms in total. The summed E-state index contributed by atoms with van der Waals surface area (Å²) >= 11 is 0. The van der Waals surface area contributed by atoms with Gasteiger partial charge in [-0.1, -0.05) is 36.8 Å². The van der Waals surface area contributed by atoms with Crippen molar-refractivity contribution in [2.24, 2.45) is 0 Å². The number of nitrogens with zero attached hydrogens (tertiary/aromatic N) is 1. The smallest absolute Gasteiger partial charge is 0.321 e. The summed E-state index contributed by atoms with van der Waals surface area (Å²) in [5.74, 6) is -0.241. The number of nitrogens with one attached hydrogen (secondary N) is 2. The second kappa shape index (κ2) is 7.78. The molecule has 0 unspecified atom stereocenters. The van der Waals surface area contributed by atoms with E-state index in [-0.39, 0.29) is 5.91 Å². The average molecular weight is 289 g/mol. The molecule has 114 valence electrons. The van der Waals surface area contributed by atoms with E-state index in [1.54, 1.807) is 0 Å². The number of carbonyl (C=O) groups is 2. The second-order valence-corrected chi connectivity index (χ2v) is 5.53. The number of benzene rings is 1. The fourth-order valence-corrected chi connectivity index (χ4v) is 2.57. The van der Waals surface area contributed by atoms with Crippen LogP contribution in [0.3, 0.4) is 0 Å². The Morgan fingerprint density at radius 2 is 2.00 bits per heavy atom. The monoisotopic (exact) mass is 289 g/mol. The van der Waals surface area contributed by atoms with Crippen molar-refractivity contribution in [3.8, 4) is 0 Å². The molecule has 3 amide bonds. The number of rotatable bonds is 4. The highest BCUT2D eigenvalue weighted by molar-refractivity contribution is 5.95. The molecular formula is C16H23N3O2. The van der Waals surface area contributed by atoms with Crippen molar-refractivity contribution < 1.29 is 9.59 Å². The number of likely N-dealkylation sites (tertiary alicyclic amines) is 1. The van der Waals surface area contributed by atoms with Gasteiger partial charge in [-0.05, 0) is 31.9 Å². The van der Waals surface area contributed by atoms with Gasteiger partial charge >= 0.3 is 6.03 Å². The Balaban J connectivity index is 1.70. The lowest BCUT2D eigenvalue weighted by molar-refractivity contribution is -0.122. The van der Waals surface area contributed by atoms with Crippen molar-refractivity contribution in [3.05, 3.63) is 35.9 Å². The van der Waals surface area contributed by atoms with E-state index in [2.05, 4.69) is 22.5 Å². The van der Waals surface area contributed by atoms with Crippen molar-refractivity contribution >= 4 is 11.9 Å². The topological polar surface area (TPSA) is 61.4 Å². The third-order valence-electron chi connectivity index (χ3n) is 3.84. The fourth-order valence-electron chi connectivity index (χ4n) is 2.57. The maximum absolute atomic E-state index is 11.9. The molecule has 1 aliphatic rings. The highest BCUT2D eigenvalue weighted by atomic mass is 16.2. The van der Waals surface area contributed by atoms with Crippen LogP contribution in [0.15, 0.2) is 30.3 Å². The number of hydrogen-bond acceptors (Lipinski definition) is 3. The van der Waals surface area contributed by atoms with E-state index in [4.69, 9.17) is 0 Å². The van der Waals surface area contributed by atoms with Gasteiger partial charge < -0.3 is 5.32 Å². The lowest BCUT2D eigenvalue weighted by Gasteiger charge is -2.32. The molecule has 1 fully saturated rings. The maximum atomic E-state index is 11.9. The molecular weight excluding hydrogens is 266 g/mol. The van der Waals surface area contributed by atoms with E-state index in [1.807, 2.05) is 30.3 Å². The van der Waals surface area contributed by atoms with E-state index in [1.165, 1.54) is 6.42 Å². The standard InChI is InChI=1S/C16H23N3O2/c1-13-7-5-6-10-19(13)12-15(20)18-16(21)17-11-14-8-3-2-4-9-14/h2-4,8-9,13H,5-7,10-12H2,1H3,(H2,17,18,20,21)/t13-/m0/s1. The van der Waals surface area contributed by atoms with Crippen LogP contribution in [0.5, 0.6) is 0 Å². The van der Waals surface area contributed by atoms with Crippen LogP contribution in [-0.4, -0.2) is 36.0 Å². The Morgan fingerprint density at radius 3 is 2.71 bits per heavy atom. The van der Waals surface area contributed by atoms with E-state index in [0.717, 1.165) is 24.9 Å². The molecule has 0 spiro atoms. The minimum Gasteiger partial charge on any atom is -0.334 e. The summed E-state index contributed by atoms with van der Waals surface area (Å²) in [5, 5.41) is 5.08. The summed E-state index contributed by atoms with van der Waals surface area (Å²) < 4.78 is 0. The van der Waals surface area contributed by atoms with Crippen LogP contribution in [0, 0.1) is 0 Å². The molecule has 21 heavy (non-hydrogen) atoms. The molecule has 0 bridgehead atoms. The number of piperidine rings is 1. The molecule has 1 saturated heterocycles. The lowest BCUT2D eigenvalue weighted by atomic mass is 10.0. The maximum Gasteiger partial charge on any atom is 0.321 e. The number of amides is 3. The average Bonchev–Trinajstić information content (AvgIpc) is 2.48. The van der Waals surface area contributed by atoms with Gasteiger partial charge in [0.1, 0.15) is 0 Å². The van der Waals surface area contributed by atoms with Gasteiger partial charge in [0.25, 0.3) is 0 Å². The van der Waals surface area contributed by atoms with Gasteiger partial charge in [-0.25, -0.2) is 4.79 Å². The minimum atomic E-state index is -0.437. The first-order valence-corrected chi connectivity index (χ1v) is 7.51. The number of imide groups is 1. The Hall–Kier alpha value is -1.88. The van der Waals surface area contributed by atoms with Crippen molar-refractivity contribution in [3.63, 3.8) is 0 Å². The van der Waals surface area contributed by atoms with Gasteiger partial charge in [-0.3, -0.25) is 15.0 Å². The second-order valence-electron chi connectivity index (χ2n) is 5.53. The zero-order valence-electron chi connectivity index (χ0n) is 12.5. The third kappa shape index (κ3) is 5.19. The van der Waals surface area contributed by atoms with E-state index >= 15 is 0 Å². The number of carbonyl (C=O) groups excluding carboxylic acids is 2. The number of urea groups is 1. The molecule has 5 heteroatoms. The summed E-state index contributed by atoms with van der Waals surface area (Å²) in [6.07, 6.45) is 3.46. The predicted molar refractivity (Wildman–Crippen MR) is 81.7 cm³/mol. The van der Waals surface area contributed by atoms with Gasteiger partial charge in [0.15, 0.2) is 0 Å². The fraction of sp³-hybridized carbons (Fsp3) is 0.500. The van der Waals surface area contributed by atoms with E-state index in [0.29, 0.717) is 19.1 Å². The first-order chi connectivity index (χ1) is 10.1. The van der Waals surface area contributed by atoms with Crippen LogP contribution in [0.1, 0.15) is 31.7 Å². The quantitative estimate of drug-likeness (QED) is 0.890. The van der Waals surface area contributed by atoms with Crippen LogP contribution in [0.4, 0.5) is 4.79 Å². The van der Waals surface area contributed by atoms with Crippen molar-refractivity contribution in [2.45, 2.75) is 38.8 Å². The summed E-state index contributed by atoms with van der Waals surface area (Å²) in [7, 11) is 0. The summed E-state index contributed by atoms with van der Waals surface area (Å²) in [6, 6.07) is 9.59. The van der Waals surface area contributed by atoms with Gasteiger partial charge in [0, 0.05) is 12.6 Å². The Morgan fingerprint density at radius 1 is 1.24 bits per heavy atom. The molecule has 1 atom stereocenters. The van der Waals surface area contributed by atoms with Crippen molar-refractivity contribution in [2.75, 3.05) is 13.1 Å². The Labute approximate surface area is 125 Å². The summed E-state index contributed by atoms with van der Waals surface area (Å²) in [6.45, 7) is 3.77. The van der Waals surface area contributed by atoms with Crippen LogP contribution in [0.25, 0.3) is 0 Å². The Kier molecular flexibility index (Phi) is 5.75. The molecule has 1 aromatic carbocycles. The SMILES string of the molecule is C[C@H]1CCCCN1CC(=O)NC(=O)NCc1ccccc1. The summed E-state index contributed by atoms with van der Waals surface area (Å²) in [5.41, 5.74) is 1.00. The third-order valence-corrected chi connectivity index (χ3v) is 3.84. The predicted octanol–water partition coefficient (Wildman–Crippen LogP) is 1.89. The lowest BCUT2D eigenvalue weighted by Crippen LogP contribution is -2.47. The minimum absolute atomic E-state index is 0.241. The molecule has 1 aromatic rings. The molecule has 0 radical (unpaired) electrons. The zero-order valence-corrected chi connectivity index (χ0v) is 12.5. The van der Waals surface area contributed by atoms with Crippen LogP contribution in [-0.2, 0) is 11.3 Å². The Bertz CT molecular complexity index is 476. The van der Waals surface area contributed by atoms with Gasteiger partial charge in [-0.15, -0.1) is 0 Å². The van der Waals surface area contributed by atoms with E-state index < -0.39 is 6.03 Å². The molecule has 1 heterocycles. The molecule has 1 aliphatic heterocycles. The highest BCUT2D eigenvalue weighted by Gasteiger charge is 2.21. The molecule has 0 aliphatic carbocycles. The first kappa shape index (κ1) is 15.5. The molecule has 0 saturated carbocycles. The van der Waals surface area contributed by atoms with Crippen LogP contribution < -0.4 is 10.6 Å². The zero-order chi connectivity index (χ0) is 15.1. The van der Waals surface area contributed by atoms with Crippen molar-refractivity contribution in [1.82, 2.24) is 15.5 Å². The van der Waals surface area contributed by atoms with Crippen LogP contribution >= 0.6 is 0 Å². The first-order valence-electron chi connectivity index (χ1n) is 7.51. The van der Waals surface area contributed by atoms with Gasteiger partial charge in [-0.2, -0.15) is 0 Å². The van der Waals surface area contributed by atoms with Crippen LogP contribution in [0.2, 0.25) is 0 Å². The largest absolute Gasteiger partial charge is 0.334 e. The molecule has 2 rings (SSSR count). The van der Waals surface area contributed by atoms with Gasteiger partial charge in [0.2, 0.25) is 5.91 Å². The normalized spacial score (nSPS) is 19.0.